The average molecular weight is 198 g/mol. The quantitative estimate of drug-likeness (QED) is 0.675. The first-order valence-electron chi connectivity index (χ1n) is 6.02. The van der Waals surface area contributed by atoms with E-state index in [0.29, 0.717) is 0 Å². The van der Waals surface area contributed by atoms with E-state index in [1.54, 1.807) is 0 Å². The predicted molar refractivity (Wildman–Crippen MR) is 56.2 cm³/mol. The number of hydrogen-bond donors (Lipinski definition) is 0. The Morgan fingerprint density at radius 1 is 0.929 bits per heavy atom. The van der Waals surface area contributed by atoms with Gasteiger partial charge in [0.25, 0.3) is 0 Å². The summed E-state index contributed by atoms with van der Waals surface area (Å²) in [6, 6.07) is 0. The highest BCUT2D eigenvalue weighted by Gasteiger charge is 2.40. The van der Waals surface area contributed by atoms with Crippen molar-refractivity contribution in [1.82, 2.24) is 0 Å². The molecule has 0 bridgehead atoms. The summed E-state index contributed by atoms with van der Waals surface area (Å²) < 4.78 is 10.7. The SMILES string of the molecule is CCC(CC)C(C1COC1)C1COC1. The lowest BCUT2D eigenvalue weighted by molar-refractivity contribution is -0.144. The fourth-order valence-corrected chi connectivity index (χ4v) is 2.94. The van der Waals surface area contributed by atoms with Crippen LogP contribution in [0.3, 0.4) is 0 Å². The molecule has 0 amide bonds. The van der Waals surface area contributed by atoms with E-state index >= 15 is 0 Å². The Balaban J connectivity index is 1.95. The van der Waals surface area contributed by atoms with Gasteiger partial charge in [0, 0.05) is 11.8 Å². The molecule has 2 fully saturated rings. The van der Waals surface area contributed by atoms with Gasteiger partial charge in [0.1, 0.15) is 0 Å². The van der Waals surface area contributed by atoms with Crippen LogP contribution >= 0.6 is 0 Å². The van der Waals surface area contributed by atoms with Gasteiger partial charge in [-0.2, -0.15) is 0 Å². The van der Waals surface area contributed by atoms with Gasteiger partial charge in [-0.05, 0) is 11.8 Å². The summed E-state index contributed by atoms with van der Waals surface area (Å²) in [5, 5.41) is 0. The number of rotatable bonds is 5. The Labute approximate surface area is 87.0 Å². The highest BCUT2D eigenvalue weighted by atomic mass is 16.5. The molecule has 0 saturated carbocycles. The molecule has 0 aromatic carbocycles. The van der Waals surface area contributed by atoms with Crippen molar-refractivity contribution < 1.29 is 9.47 Å². The number of hydrogen-bond acceptors (Lipinski definition) is 2. The summed E-state index contributed by atoms with van der Waals surface area (Å²) in [5.74, 6) is 3.41. The molecule has 0 unspecified atom stereocenters. The second-order valence-corrected chi connectivity index (χ2v) is 4.75. The van der Waals surface area contributed by atoms with Crippen LogP contribution in [0, 0.1) is 23.7 Å². The molecule has 0 aromatic heterocycles. The summed E-state index contributed by atoms with van der Waals surface area (Å²) in [5.41, 5.74) is 0. The van der Waals surface area contributed by atoms with Crippen molar-refractivity contribution in [2.24, 2.45) is 23.7 Å². The molecule has 2 heterocycles. The van der Waals surface area contributed by atoms with Gasteiger partial charge in [0.05, 0.1) is 26.4 Å². The fourth-order valence-electron chi connectivity index (χ4n) is 2.94. The summed E-state index contributed by atoms with van der Waals surface area (Å²) >= 11 is 0. The molecule has 0 spiro atoms. The Hall–Kier alpha value is -0.0800. The highest BCUT2D eigenvalue weighted by Crippen LogP contribution is 2.39. The molecule has 2 rings (SSSR count). The van der Waals surface area contributed by atoms with E-state index in [4.69, 9.17) is 9.47 Å². The summed E-state index contributed by atoms with van der Waals surface area (Å²) in [4.78, 5) is 0. The molecular formula is C12H22O2. The van der Waals surface area contributed by atoms with E-state index in [-0.39, 0.29) is 0 Å². The lowest BCUT2D eigenvalue weighted by Crippen LogP contribution is -2.47. The molecule has 0 N–H and O–H groups in total. The van der Waals surface area contributed by atoms with E-state index < -0.39 is 0 Å². The van der Waals surface area contributed by atoms with Gasteiger partial charge in [0.15, 0.2) is 0 Å². The molecule has 2 aliphatic heterocycles. The molecule has 0 aromatic rings. The van der Waals surface area contributed by atoms with E-state index in [1.807, 2.05) is 0 Å². The first-order valence-corrected chi connectivity index (χ1v) is 6.02. The predicted octanol–water partition coefficient (Wildman–Crippen LogP) is 2.33. The minimum atomic E-state index is 0.828. The summed E-state index contributed by atoms with van der Waals surface area (Å²) in [6.45, 7) is 8.63. The Kier molecular flexibility index (Phi) is 3.45. The van der Waals surface area contributed by atoms with E-state index in [1.165, 1.54) is 12.8 Å². The van der Waals surface area contributed by atoms with Gasteiger partial charge in [-0.1, -0.05) is 26.7 Å². The summed E-state index contributed by atoms with van der Waals surface area (Å²) in [6.07, 6.45) is 2.63. The lowest BCUT2D eigenvalue weighted by atomic mass is 9.70. The third kappa shape index (κ3) is 1.82. The van der Waals surface area contributed by atoms with Crippen LogP contribution in [0.4, 0.5) is 0 Å². The lowest BCUT2D eigenvalue weighted by Gasteiger charge is -2.45. The minimum Gasteiger partial charge on any atom is -0.381 e. The number of ether oxygens (including phenoxy) is 2. The van der Waals surface area contributed by atoms with Crippen molar-refractivity contribution in [2.45, 2.75) is 26.7 Å². The van der Waals surface area contributed by atoms with Crippen LogP contribution in [-0.4, -0.2) is 26.4 Å². The molecular weight excluding hydrogens is 176 g/mol. The third-order valence-electron chi connectivity index (χ3n) is 4.01. The maximum absolute atomic E-state index is 5.33. The minimum absolute atomic E-state index is 0.828. The van der Waals surface area contributed by atoms with Gasteiger partial charge < -0.3 is 9.47 Å². The molecule has 0 aliphatic carbocycles. The molecule has 0 radical (unpaired) electrons. The Morgan fingerprint density at radius 2 is 1.36 bits per heavy atom. The normalized spacial score (nSPS) is 24.0. The van der Waals surface area contributed by atoms with Gasteiger partial charge in [-0.25, -0.2) is 0 Å². The molecule has 14 heavy (non-hydrogen) atoms. The van der Waals surface area contributed by atoms with Gasteiger partial charge in [-0.3, -0.25) is 0 Å². The summed E-state index contributed by atoms with van der Waals surface area (Å²) in [7, 11) is 0. The van der Waals surface area contributed by atoms with Gasteiger partial charge in [-0.15, -0.1) is 0 Å². The second-order valence-electron chi connectivity index (χ2n) is 4.75. The van der Waals surface area contributed by atoms with Crippen LogP contribution in [0.1, 0.15) is 26.7 Å². The van der Waals surface area contributed by atoms with E-state index in [9.17, 15) is 0 Å². The van der Waals surface area contributed by atoms with Crippen LogP contribution in [0.2, 0.25) is 0 Å². The monoisotopic (exact) mass is 198 g/mol. The maximum atomic E-state index is 5.33. The third-order valence-corrected chi connectivity index (χ3v) is 4.01. The Bertz CT molecular complexity index is 155. The zero-order valence-electron chi connectivity index (χ0n) is 9.37. The van der Waals surface area contributed by atoms with Crippen molar-refractivity contribution >= 4 is 0 Å². The second kappa shape index (κ2) is 4.63. The highest BCUT2D eigenvalue weighted by molar-refractivity contribution is 4.87. The van der Waals surface area contributed by atoms with E-state index in [2.05, 4.69) is 13.8 Å². The molecule has 2 heteroatoms. The van der Waals surface area contributed by atoms with Crippen molar-refractivity contribution in [2.75, 3.05) is 26.4 Å². The van der Waals surface area contributed by atoms with Gasteiger partial charge in [0.2, 0.25) is 0 Å². The van der Waals surface area contributed by atoms with Crippen LogP contribution in [0.5, 0.6) is 0 Å². The van der Waals surface area contributed by atoms with Gasteiger partial charge >= 0.3 is 0 Å². The first-order chi connectivity index (χ1) is 6.86. The van der Waals surface area contributed by atoms with Crippen LogP contribution in [0.25, 0.3) is 0 Å². The molecule has 0 atom stereocenters. The maximum Gasteiger partial charge on any atom is 0.0519 e. The van der Waals surface area contributed by atoms with Crippen LogP contribution < -0.4 is 0 Å². The fraction of sp³-hybridized carbons (Fsp3) is 1.00. The molecule has 82 valence electrons. The van der Waals surface area contributed by atoms with Crippen molar-refractivity contribution in [3.63, 3.8) is 0 Å². The first kappa shape index (κ1) is 10.4. The average Bonchev–Trinajstić information content (AvgIpc) is 2.00. The zero-order valence-corrected chi connectivity index (χ0v) is 9.37. The van der Waals surface area contributed by atoms with Crippen molar-refractivity contribution in [1.29, 1.82) is 0 Å². The molecule has 2 saturated heterocycles. The van der Waals surface area contributed by atoms with Crippen LogP contribution in [0.15, 0.2) is 0 Å². The Morgan fingerprint density at radius 3 is 1.57 bits per heavy atom. The standard InChI is InChI=1S/C12H22O2/c1-3-9(4-2)12(10-5-13-6-10)11-7-14-8-11/h9-12H,3-8H2,1-2H3. The smallest absolute Gasteiger partial charge is 0.0519 e. The zero-order chi connectivity index (χ0) is 9.97. The van der Waals surface area contributed by atoms with Crippen molar-refractivity contribution in [3.05, 3.63) is 0 Å². The van der Waals surface area contributed by atoms with E-state index in [0.717, 1.165) is 50.1 Å². The topological polar surface area (TPSA) is 18.5 Å². The molecule has 2 aliphatic rings. The van der Waals surface area contributed by atoms with Crippen molar-refractivity contribution in [3.8, 4) is 0 Å². The van der Waals surface area contributed by atoms with Crippen LogP contribution in [-0.2, 0) is 9.47 Å². The molecule has 2 nitrogen and oxygen atoms in total. The largest absolute Gasteiger partial charge is 0.381 e.